The Bertz CT molecular complexity index is 202. The van der Waals surface area contributed by atoms with E-state index in [1.54, 1.807) is 0 Å². The van der Waals surface area contributed by atoms with Crippen LogP contribution in [0, 0.1) is 0 Å². The highest BCUT2D eigenvalue weighted by molar-refractivity contribution is 5.38. The third-order valence-corrected chi connectivity index (χ3v) is 1.44. The van der Waals surface area contributed by atoms with Crippen LogP contribution in [0.2, 0.25) is 0 Å². The minimum Gasteiger partial charge on any atom is -0.0985 e. The van der Waals surface area contributed by atoms with Gasteiger partial charge in [-0.15, -0.1) is 0 Å². The summed E-state index contributed by atoms with van der Waals surface area (Å²) in [5, 5.41) is 0. The predicted octanol–water partition coefficient (Wildman–Crippen LogP) is 3.64. The number of hydrogen-bond donors (Lipinski definition) is 0. The highest BCUT2D eigenvalue weighted by atomic mass is 13.9. The normalized spacial score (nSPS) is 14.1. The Morgan fingerprint density at radius 2 is 1.64 bits per heavy atom. The molecule has 11 heavy (non-hydrogen) atoms. The Labute approximate surface area is 69.6 Å². The van der Waals surface area contributed by atoms with E-state index in [2.05, 4.69) is 25.7 Å². The summed E-state index contributed by atoms with van der Waals surface area (Å²) in [6, 6.07) is 0. The number of allylic oxidation sites excluding steroid dienone is 7. The van der Waals surface area contributed by atoms with Crippen molar-refractivity contribution in [3.63, 3.8) is 0 Å². The van der Waals surface area contributed by atoms with Gasteiger partial charge in [-0.05, 0) is 31.9 Å². The van der Waals surface area contributed by atoms with Crippen LogP contribution < -0.4 is 0 Å². The van der Waals surface area contributed by atoms with Gasteiger partial charge in [-0.1, -0.05) is 37.0 Å². The van der Waals surface area contributed by atoms with E-state index >= 15 is 0 Å². The molecule has 0 aromatic rings. The summed E-state index contributed by atoms with van der Waals surface area (Å²) >= 11 is 0. The van der Waals surface area contributed by atoms with Crippen LogP contribution >= 0.6 is 0 Å². The van der Waals surface area contributed by atoms with Gasteiger partial charge in [0.15, 0.2) is 0 Å². The fraction of sp³-hybridized carbons (Fsp3) is 0.273. The molecule has 0 aliphatic heterocycles. The third-order valence-electron chi connectivity index (χ3n) is 1.44. The molecule has 0 N–H and O–H groups in total. The first-order valence-corrected chi connectivity index (χ1v) is 3.85. The van der Waals surface area contributed by atoms with Gasteiger partial charge < -0.3 is 0 Å². The summed E-state index contributed by atoms with van der Waals surface area (Å²) in [5.74, 6) is 0. The zero-order valence-electron chi connectivity index (χ0n) is 7.59. The van der Waals surface area contributed by atoms with Gasteiger partial charge in [-0.2, -0.15) is 0 Å². The average Bonchev–Trinajstić information content (AvgIpc) is 2.00. The van der Waals surface area contributed by atoms with Crippen LogP contribution in [0.5, 0.6) is 0 Å². The Balaban J connectivity index is 4.66. The van der Waals surface area contributed by atoms with Gasteiger partial charge in [0.25, 0.3) is 0 Å². The molecular weight excluding hydrogens is 132 g/mol. The summed E-state index contributed by atoms with van der Waals surface area (Å²) < 4.78 is 0. The number of rotatable bonds is 3. The van der Waals surface area contributed by atoms with Crippen LogP contribution in [0.25, 0.3) is 0 Å². The second-order valence-electron chi connectivity index (χ2n) is 2.34. The maximum absolute atomic E-state index is 3.74. The smallest absolute Gasteiger partial charge is 0.0237 e. The number of hydrogen-bond acceptors (Lipinski definition) is 0. The van der Waals surface area contributed by atoms with Crippen molar-refractivity contribution < 1.29 is 0 Å². The monoisotopic (exact) mass is 148 g/mol. The fourth-order valence-corrected chi connectivity index (χ4v) is 0.886. The highest BCUT2D eigenvalue weighted by Crippen LogP contribution is 2.07. The van der Waals surface area contributed by atoms with Crippen LogP contribution in [-0.2, 0) is 0 Å². The Morgan fingerprint density at radius 3 is 2.00 bits per heavy atom. The molecule has 0 nitrogen and oxygen atoms in total. The lowest BCUT2D eigenvalue weighted by Gasteiger charge is -1.96. The molecule has 0 radical (unpaired) electrons. The Morgan fingerprint density at radius 1 is 1.09 bits per heavy atom. The molecule has 0 unspecified atom stereocenters. The molecule has 0 aromatic heterocycles. The van der Waals surface area contributed by atoms with E-state index < -0.39 is 0 Å². The molecule has 0 saturated carbocycles. The van der Waals surface area contributed by atoms with Gasteiger partial charge in [0.2, 0.25) is 0 Å². The molecule has 0 amide bonds. The van der Waals surface area contributed by atoms with Crippen molar-refractivity contribution in [2.24, 2.45) is 0 Å². The van der Waals surface area contributed by atoms with Crippen LogP contribution in [0.3, 0.4) is 0 Å². The minimum absolute atomic E-state index is 1.19. The maximum Gasteiger partial charge on any atom is -0.0237 e. The fourth-order valence-electron chi connectivity index (χ4n) is 0.886. The van der Waals surface area contributed by atoms with Gasteiger partial charge >= 0.3 is 0 Å². The molecule has 0 atom stereocenters. The van der Waals surface area contributed by atoms with Crippen LogP contribution in [-0.4, -0.2) is 0 Å². The SMILES string of the molecule is C=CC(/C=C/C)=C(C)/C=C\C. The van der Waals surface area contributed by atoms with Gasteiger partial charge in [0.1, 0.15) is 0 Å². The summed E-state index contributed by atoms with van der Waals surface area (Å²) in [4.78, 5) is 0. The lowest BCUT2D eigenvalue weighted by molar-refractivity contribution is 1.43. The lowest BCUT2D eigenvalue weighted by atomic mass is 10.1. The molecule has 0 heteroatoms. The van der Waals surface area contributed by atoms with E-state index in [1.807, 2.05) is 32.1 Å². The highest BCUT2D eigenvalue weighted by Gasteiger charge is 1.87. The van der Waals surface area contributed by atoms with Crippen LogP contribution in [0.1, 0.15) is 20.8 Å². The molecule has 0 fully saturated rings. The second kappa shape index (κ2) is 5.72. The Kier molecular flexibility index (Phi) is 5.18. The third kappa shape index (κ3) is 3.61. The molecular formula is C11H16. The molecule has 60 valence electrons. The van der Waals surface area contributed by atoms with E-state index in [0.29, 0.717) is 0 Å². The molecule has 0 heterocycles. The predicted molar refractivity (Wildman–Crippen MR) is 52.5 cm³/mol. The van der Waals surface area contributed by atoms with Gasteiger partial charge in [-0.3, -0.25) is 0 Å². The van der Waals surface area contributed by atoms with E-state index in [9.17, 15) is 0 Å². The standard InChI is InChI=1S/C11H16/c1-5-8-10(4)11(7-3)9-6-2/h5-9H,3H2,1-2,4H3/b8-5-,9-6+,11-10-. The zero-order chi connectivity index (χ0) is 8.69. The first kappa shape index (κ1) is 9.96. The summed E-state index contributed by atoms with van der Waals surface area (Å²) in [5.41, 5.74) is 2.44. The summed E-state index contributed by atoms with van der Waals surface area (Å²) in [6.45, 7) is 9.84. The summed E-state index contributed by atoms with van der Waals surface area (Å²) in [7, 11) is 0. The van der Waals surface area contributed by atoms with Crippen molar-refractivity contribution in [3.05, 3.63) is 48.1 Å². The molecule has 0 saturated heterocycles. The molecule has 0 rings (SSSR count). The van der Waals surface area contributed by atoms with Crippen molar-refractivity contribution in [1.29, 1.82) is 0 Å². The largest absolute Gasteiger partial charge is 0.0985 e. The summed E-state index contributed by atoms with van der Waals surface area (Å²) in [6.07, 6.45) is 10.1. The molecule has 0 aliphatic rings. The van der Waals surface area contributed by atoms with E-state index in [4.69, 9.17) is 0 Å². The molecule has 0 aliphatic carbocycles. The van der Waals surface area contributed by atoms with Crippen molar-refractivity contribution in [2.45, 2.75) is 20.8 Å². The van der Waals surface area contributed by atoms with Crippen molar-refractivity contribution in [1.82, 2.24) is 0 Å². The van der Waals surface area contributed by atoms with Gasteiger partial charge in [-0.25, -0.2) is 0 Å². The quantitative estimate of drug-likeness (QED) is 0.536. The maximum atomic E-state index is 3.74. The molecule has 0 spiro atoms. The van der Waals surface area contributed by atoms with Crippen molar-refractivity contribution in [3.8, 4) is 0 Å². The molecule has 0 bridgehead atoms. The van der Waals surface area contributed by atoms with Gasteiger partial charge in [0, 0.05) is 0 Å². The first-order chi connectivity index (χ1) is 5.26. The van der Waals surface area contributed by atoms with Crippen LogP contribution in [0.15, 0.2) is 48.1 Å². The van der Waals surface area contributed by atoms with Crippen molar-refractivity contribution in [2.75, 3.05) is 0 Å². The lowest BCUT2D eigenvalue weighted by Crippen LogP contribution is -1.76. The van der Waals surface area contributed by atoms with Crippen LogP contribution in [0.4, 0.5) is 0 Å². The van der Waals surface area contributed by atoms with E-state index in [0.717, 1.165) is 0 Å². The Hall–Kier alpha value is -1.04. The van der Waals surface area contributed by atoms with Gasteiger partial charge in [0.05, 0.1) is 0 Å². The second-order valence-corrected chi connectivity index (χ2v) is 2.34. The van der Waals surface area contributed by atoms with Crippen molar-refractivity contribution >= 4 is 0 Å². The zero-order valence-corrected chi connectivity index (χ0v) is 7.59. The van der Waals surface area contributed by atoms with E-state index in [-0.39, 0.29) is 0 Å². The molecule has 0 aromatic carbocycles. The van der Waals surface area contributed by atoms with E-state index in [1.165, 1.54) is 11.1 Å². The topological polar surface area (TPSA) is 0 Å². The first-order valence-electron chi connectivity index (χ1n) is 3.85. The average molecular weight is 148 g/mol. The minimum atomic E-state index is 1.19.